The molecule has 110 valence electrons. The lowest BCUT2D eigenvalue weighted by Gasteiger charge is -2.18. The molecule has 1 aliphatic heterocycles. The van der Waals surface area contributed by atoms with Gasteiger partial charge in [0.05, 0.1) is 13.2 Å². The van der Waals surface area contributed by atoms with E-state index in [1.807, 2.05) is 43.3 Å². The van der Waals surface area contributed by atoms with Crippen molar-refractivity contribution in [1.82, 2.24) is 0 Å². The van der Waals surface area contributed by atoms with E-state index in [0.717, 1.165) is 33.3 Å². The van der Waals surface area contributed by atoms with Crippen LogP contribution in [0, 0.1) is 6.92 Å². The lowest BCUT2D eigenvalue weighted by Crippen LogP contribution is -2.04. The van der Waals surface area contributed by atoms with E-state index >= 15 is 0 Å². The van der Waals surface area contributed by atoms with Crippen molar-refractivity contribution in [2.24, 2.45) is 0 Å². The third-order valence-corrected chi connectivity index (χ3v) is 4.33. The molecular formula is C17H17BrO3. The Morgan fingerprint density at radius 1 is 1.05 bits per heavy atom. The van der Waals surface area contributed by atoms with Crippen LogP contribution in [0.4, 0.5) is 0 Å². The number of benzene rings is 2. The average molecular weight is 349 g/mol. The standard InChI is InChI=1S/C17H17BrO3/c1-11-5-2-3-6-12(11)17(19)13-9-15-16(10-14(13)18)21-8-4-7-20-15/h2-3,5-6,9-10,17,19H,4,7-8H2,1H3. The first-order chi connectivity index (χ1) is 10.2. The molecule has 0 aromatic heterocycles. The molecule has 1 unspecified atom stereocenters. The topological polar surface area (TPSA) is 38.7 Å². The molecule has 0 saturated heterocycles. The quantitative estimate of drug-likeness (QED) is 0.891. The number of aliphatic hydroxyl groups excluding tert-OH is 1. The van der Waals surface area contributed by atoms with Crippen LogP contribution in [0.1, 0.15) is 29.2 Å². The van der Waals surface area contributed by atoms with Crippen molar-refractivity contribution in [3.8, 4) is 11.5 Å². The van der Waals surface area contributed by atoms with Crippen LogP contribution in [-0.4, -0.2) is 18.3 Å². The molecular weight excluding hydrogens is 332 g/mol. The molecule has 1 heterocycles. The van der Waals surface area contributed by atoms with Gasteiger partial charge < -0.3 is 14.6 Å². The minimum absolute atomic E-state index is 0.633. The summed E-state index contributed by atoms with van der Waals surface area (Å²) >= 11 is 3.53. The molecule has 0 radical (unpaired) electrons. The predicted octanol–water partition coefficient (Wildman–Crippen LogP) is 4.00. The summed E-state index contributed by atoms with van der Waals surface area (Å²) < 4.78 is 12.2. The van der Waals surface area contributed by atoms with Gasteiger partial charge in [0, 0.05) is 16.5 Å². The zero-order valence-electron chi connectivity index (χ0n) is 11.8. The van der Waals surface area contributed by atoms with Gasteiger partial charge in [-0.25, -0.2) is 0 Å². The van der Waals surface area contributed by atoms with E-state index in [9.17, 15) is 5.11 Å². The summed E-state index contributed by atoms with van der Waals surface area (Å²) in [5.41, 5.74) is 2.74. The maximum atomic E-state index is 10.7. The minimum Gasteiger partial charge on any atom is -0.490 e. The van der Waals surface area contributed by atoms with E-state index < -0.39 is 6.10 Å². The van der Waals surface area contributed by atoms with Crippen LogP contribution in [0.3, 0.4) is 0 Å². The van der Waals surface area contributed by atoms with Crippen LogP contribution in [0.5, 0.6) is 11.5 Å². The van der Waals surface area contributed by atoms with Gasteiger partial charge >= 0.3 is 0 Å². The van der Waals surface area contributed by atoms with Crippen LogP contribution in [0.15, 0.2) is 40.9 Å². The Kier molecular flexibility index (Phi) is 4.17. The molecule has 3 rings (SSSR count). The molecule has 0 saturated carbocycles. The van der Waals surface area contributed by atoms with E-state index in [2.05, 4.69) is 15.9 Å². The molecule has 0 bridgehead atoms. The van der Waals surface area contributed by atoms with Gasteiger partial charge in [0.15, 0.2) is 11.5 Å². The smallest absolute Gasteiger partial charge is 0.162 e. The molecule has 2 aromatic rings. The highest BCUT2D eigenvalue weighted by atomic mass is 79.9. The highest BCUT2D eigenvalue weighted by molar-refractivity contribution is 9.10. The van der Waals surface area contributed by atoms with Gasteiger partial charge in [-0.15, -0.1) is 0 Å². The molecule has 1 aliphatic rings. The highest BCUT2D eigenvalue weighted by Crippen LogP contribution is 2.39. The van der Waals surface area contributed by atoms with E-state index in [4.69, 9.17) is 9.47 Å². The zero-order valence-corrected chi connectivity index (χ0v) is 13.4. The number of hydrogen-bond acceptors (Lipinski definition) is 3. The summed E-state index contributed by atoms with van der Waals surface area (Å²) in [4.78, 5) is 0. The SMILES string of the molecule is Cc1ccccc1C(O)c1cc2c(cc1Br)OCCCO2. The Hall–Kier alpha value is -1.52. The number of ether oxygens (including phenoxy) is 2. The van der Waals surface area contributed by atoms with Gasteiger partial charge in [-0.2, -0.15) is 0 Å². The molecule has 4 heteroatoms. The minimum atomic E-state index is -0.697. The van der Waals surface area contributed by atoms with Crippen molar-refractivity contribution in [2.75, 3.05) is 13.2 Å². The van der Waals surface area contributed by atoms with Crippen LogP contribution in [-0.2, 0) is 0 Å². The van der Waals surface area contributed by atoms with E-state index in [-0.39, 0.29) is 0 Å². The Labute approximate surface area is 132 Å². The van der Waals surface area contributed by atoms with Gasteiger partial charge in [0.25, 0.3) is 0 Å². The molecule has 0 amide bonds. The molecule has 0 aliphatic carbocycles. The summed E-state index contributed by atoms with van der Waals surface area (Å²) in [6.07, 6.45) is 0.167. The molecule has 1 N–H and O–H groups in total. The van der Waals surface area contributed by atoms with Crippen molar-refractivity contribution in [2.45, 2.75) is 19.4 Å². The van der Waals surface area contributed by atoms with Gasteiger partial charge in [0.1, 0.15) is 6.10 Å². The van der Waals surface area contributed by atoms with Crippen LogP contribution in [0.2, 0.25) is 0 Å². The highest BCUT2D eigenvalue weighted by Gasteiger charge is 2.20. The molecule has 0 spiro atoms. The Balaban J connectivity index is 2.02. The Morgan fingerprint density at radius 3 is 2.43 bits per heavy atom. The monoisotopic (exact) mass is 348 g/mol. The maximum absolute atomic E-state index is 10.7. The summed E-state index contributed by atoms with van der Waals surface area (Å²) in [6.45, 7) is 3.28. The van der Waals surface area contributed by atoms with Crippen molar-refractivity contribution >= 4 is 15.9 Å². The number of halogens is 1. The number of fused-ring (bicyclic) bond motifs is 1. The fourth-order valence-electron chi connectivity index (χ4n) is 2.47. The first-order valence-corrected chi connectivity index (χ1v) is 7.79. The maximum Gasteiger partial charge on any atom is 0.162 e. The molecule has 2 aromatic carbocycles. The van der Waals surface area contributed by atoms with Crippen molar-refractivity contribution in [3.63, 3.8) is 0 Å². The zero-order chi connectivity index (χ0) is 14.8. The van der Waals surface area contributed by atoms with Crippen LogP contribution < -0.4 is 9.47 Å². The van der Waals surface area contributed by atoms with E-state index in [1.165, 1.54) is 0 Å². The third kappa shape index (κ3) is 2.92. The molecule has 0 fully saturated rings. The fourth-order valence-corrected chi connectivity index (χ4v) is 3.01. The number of aryl methyl sites for hydroxylation is 1. The number of hydrogen-bond donors (Lipinski definition) is 1. The van der Waals surface area contributed by atoms with E-state index in [0.29, 0.717) is 19.0 Å². The summed E-state index contributed by atoms with van der Waals surface area (Å²) in [6, 6.07) is 11.6. The molecule has 3 nitrogen and oxygen atoms in total. The second-order valence-corrected chi connectivity index (χ2v) is 5.98. The van der Waals surface area contributed by atoms with Crippen molar-refractivity contribution < 1.29 is 14.6 Å². The average Bonchev–Trinajstić information content (AvgIpc) is 2.71. The Bertz CT molecular complexity index is 654. The van der Waals surface area contributed by atoms with Gasteiger partial charge in [-0.05, 0) is 30.2 Å². The fraction of sp³-hybridized carbons (Fsp3) is 0.294. The van der Waals surface area contributed by atoms with Crippen molar-refractivity contribution in [3.05, 3.63) is 57.6 Å². The second kappa shape index (κ2) is 6.08. The first-order valence-electron chi connectivity index (χ1n) is 6.99. The largest absolute Gasteiger partial charge is 0.490 e. The predicted molar refractivity (Wildman–Crippen MR) is 85.0 cm³/mol. The third-order valence-electron chi connectivity index (χ3n) is 3.64. The van der Waals surface area contributed by atoms with Gasteiger partial charge in [-0.1, -0.05) is 40.2 Å². The number of rotatable bonds is 2. The Morgan fingerprint density at radius 2 is 1.71 bits per heavy atom. The second-order valence-electron chi connectivity index (χ2n) is 5.13. The lowest BCUT2D eigenvalue weighted by molar-refractivity contribution is 0.218. The van der Waals surface area contributed by atoms with Gasteiger partial charge in [0.2, 0.25) is 0 Å². The van der Waals surface area contributed by atoms with Crippen LogP contribution in [0.25, 0.3) is 0 Å². The van der Waals surface area contributed by atoms with E-state index in [1.54, 1.807) is 0 Å². The normalized spacial score (nSPS) is 15.4. The summed E-state index contributed by atoms with van der Waals surface area (Å²) in [5.74, 6) is 1.42. The number of aliphatic hydroxyl groups is 1. The lowest BCUT2D eigenvalue weighted by atomic mass is 9.97. The molecule has 1 atom stereocenters. The first kappa shape index (κ1) is 14.4. The van der Waals surface area contributed by atoms with Crippen LogP contribution >= 0.6 is 15.9 Å². The summed E-state index contributed by atoms with van der Waals surface area (Å²) in [7, 11) is 0. The summed E-state index contributed by atoms with van der Waals surface area (Å²) in [5, 5.41) is 10.7. The van der Waals surface area contributed by atoms with Gasteiger partial charge in [-0.3, -0.25) is 0 Å². The molecule has 21 heavy (non-hydrogen) atoms. The van der Waals surface area contributed by atoms with Crippen molar-refractivity contribution in [1.29, 1.82) is 0 Å².